The molecule has 2 aromatic heterocycles. The number of carbonyl (C=O) groups is 1. The minimum atomic E-state index is -0.813. The van der Waals surface area contributed by atoms with E-state index in [0.717, 1.165) is 0 Å². The van der Waals surface area contributed by atoms with E-state index >= 15 is 0 Å². The lowest BCUT2D eigenvalue weighted by Crippen LogP contribution is -2.50. The maximum Gasteiger partial charge on any atom is 0.230 e. The summed E-state index contributed by atoms with van der Waals surface area (Å²) in [5.41, 5.74) is 7.18. The molecule has 0 unspecified atom stereocenters. The highest BCUT2D eigenvalue weighted by Gasteiger charge is 2.41. The number of nitrogens with zero attached hydrogens (tertiary/aromatic N) is 3. The second-order valence-corrected chi connectivity index (χ2v) is 8.98. The molecule has 35 heavy (non-hydrogen) atoms. The fourth-order valence-corrected chi connectivity index (χ4v) is 3.61. The second-order valence-electron chi connectivity index (χ2n) is 8.98. The Morgan fingerprint density at radius 2 is 1.94 bits per heavy atom. The molecule has 0 aliphatic carbocycles. The van der Waals surface area contributed by atoms with Crippen LogP contribution < -0.4 is 16.4 Å². The van der Waals surface area contributed by atoms with Crippen molar-refractivity contribution in [2.45, 2.75) is 33.1 Å². The molecule has 3 aromatic rings. The van der Waals surface area contributed by atoms with Crippen LogP contribution in [0.25, 0.3) is 22.6 Å². The molecule has 11 heteroatoms. The maximum atomic E-state index is 13.6. The molecule has 1 aromatic carbocycles. The first-order valence-electron chi connectivity index (χ1n) is 11.5. The van der Waals surface area contributed by atoms with Gasteiger partial charge in [0.2, 0.25) is 18.1 Å². The molecule has 1 aliphatic heterocycles. The molecule has 1 saturated heterocycles. The van der Waals surface area contributed by atoms with Crippen LogP contribution in [0.3, 0.4) is 0 Å². The molecular formula is C24H30FN7O3. The summed E-state index contributed by atoms with van der Waals surface area (Å²) in [6.45, 7) is 6.90. The standard InChI is InChI=1S/C24H30FN7O3/c1-14(2)29-22(33)24(3)12-34-21(35-13-24)20-31-18(15-4-6-16(25)7-5-15)19(32-20)17-8-10-27-23(30-17)28-11-9-26/h4-8,10,14,21H,9,11-13,26H2,1-3H3,(H,29,33)(H,31,32)(H,27,28,30). The Morgan fingerprint density at radius 3 is 2.60 bits per heavy atom. The van der Waals surface area contributed by atoms with E-state index < -0.39 is 11.7 Å². The zero-order valence-corrected chi connectivity index (χ0v) is 20.0. The SMILES string of the molecule is CC(C)NC(=O)C1(C)COC(c2nc(-c3ccc(F)cc3)c(-c3ccnc(NCCN)n3)[nH]2)OC1. The predicted molar refractivity (Wildman–Crippen MR) is 129 cm³/mol. The van der Waals surface area contributed by atoms with Crippen molar-refractivity contribution in [2.24, 2.45) is 11.1 Å². The van der Waals surface area contributed by atoms with Crippen molar-refractivity contribution in [1.82, 2.24) is 25.3 Å². The van der Waals surface area contributed by atoms with Crippen LogP contribution in [0.5, 0.6) is 0 Å². The van der Waals surface area contributed by atoms with E-state index in [4.69, 9.17) is 20.2 Å². The summed E-state index contributed by atoms with van der Waals surface area (Å²) in [5, 5.41) is 5.96. The summed E-state index contributed by atoms with van der Waals surface area (Å²) >= 11 is 0. The Balaban J connectivity index is 1.64. The van der Waals surface area contributed by atoms with Crippen molar-refractivity contribution in [2.75, 3.05) is 31.6 Å². The van der Waals surface area contributed by atoms with Crippen LogP contribution >= 0.6 is 0 Å². The highest BCUT2D eigenvalue weighted by Crippen LogP contribution is 2.35. The Labute approximate surface area is 202 Å². The number of ether oxygens (including phenoxy) is 2. The number of hydrogen-bond donors (Lipinski definition) is 4. The van der Waals surface area contributed by atoms with Gasteiger partial charge >= 0.3 is 0 Å². The third-order valence-electron chi connectivity index (χ3n) is 5.48. The van der Waals surface area contributed by atoms with Crippen LogP contribution in [-0.4, -0.2) is 58.2 Å². The number of carbonyl (C=O) groups excluding carboxylic acids is 1. The summed E-state index contributed by atoms with van der Waals surface area (Å²) in [5.74, 6) is 0.364. The van der Waals surface area contributed by atoms with Crippen molar-refractivity contribution in [3.63, 3.8) is 0 Å². The quantitative estimate of drug-likeness (QED) is 0.383. The second kappa shape index (κ2) is 10.5. The summed E-state index contributed by atoms with van der Waals surface area (Å²) in [4.78, 5) is 29.3. The molecule has 1 amide bonds. The molecule has 5 N–H and O–H groups in total. The number of aromatic nitrogens is 4. The number of anilines is 1. The van der Waals surface area contributed by atoms with Gasteiger partial charge in [0.15, 0.2) is 5.82 Å². The number of benzene rings is 1. The number of H-pyrrole nitrogens is 1. The fraction of sp³-hybridized carbons (Fsp3) is 0.417. The number of imidazole rings is 1. The number of halogens is 1. The van der Waals surface area contributed by atoms with Gasteiger partial charge in [-0.15, -0.1) is 0 Å². The van der Waals surface area contributed by atoms with Gasteiger partial charge in [0.05, 0.1) is 35.7 Å². The van der Waals surface area contributed by atoms with Gasteiger partial charge in [-0.2, -0.15) is 0 Å². The van der Waals surface area contributed by atoms with Gasteiger partial charge in [0.25, 0.3) is 0 Å². The molecule has 10 nitrogen and oxygen atoms in total. The third-order valence-corrected chi connectivity index (χ3v) is 5.48. The molecule has 186 valence electrons. The monoisotopic (exact) mass is 483 g/mol. The van der Waals surface area contributed by atoms with Crippen molar-refractivity contribution in [3.8, 4) is 22.6 Å². The number of hydrogen-bond acceptors (Lipinski definition) is 8. The first-order valence-corrected chi connectivity index (χ1v) is 11.5. The Morgan fingerprint density at radius 1 is 1.23 bits per heavy atom. The summed E-state index contributed by atoms with van der Waals surface area (Å²) < 4.78 is 25.4. The van der Waals surface area contributed by atoms with E-state index in [-0.39, 0.29) is 31.0 Å². The van der Waals surface area contributed by atoms with Crippen molar-refractivity contribution in [1.29, 1.82) is 0 Å². The normalized spacial score (nSPS) is 20.1. The van der Waals surface area contributed by atoms with Gasteiger partial charge in [0, 0.05) is 30.9 Å². The first kappa shape index (κ1) is 24.7. The van der Waals surface area contributed by atoms with Crippen molar-refractivity contribution < 1.29 is 18.7 Å². The molecule has 3 heterocycles. The van der Waals surface area contributed by atoms with Crippen LogP contribution in [0.1, 0.15) is 32.9 Å². The minimum absolute atomic E-state index is 0.0139. The molecule has 1 aliphatic rings. The van der Waals surface area contributed by atoms with Crippen LogP contribution in [0.2, 0.25) is 0 Å². The van der Waals surface area contributed by atoms with E-state index in [1.165, 1.54) is 12.1 Å². The lowest BCUT2D eigenvalue weighted by molar-refractivity contribution is -0.231. The van der Waals surface area contributed by atoms with Gasteiger partial charge in [-0.05, 0) is 51.1 Å². The van der Waals surface area contributed by atoms with Gasteiger partial charge < -0.3 is 30.8 Å². The summed E-state index contributed by atoms with van der Waals surface area (Å²) in [6, 6.07) is 7.78. The molecule has 0 saturated carbocycles. The molecule has 0 spiro atoms. The highest BCUT2D eigenvalue weighted by atomic mass is 19.1. The van der Waals surface area contributed by atoms with Gasteiger partial charge in [-0.3, -0.25) is 4.79 Å². The summed E-state index contributed by atoms with van der Waals surface area (Å²) in [7, 11) is 0. The molecule has 0 atom stereocenters. The number of aromatic amines is 1. The van der Waals surface area contributed by atoms with Crippen LogP contribution in [0.15, 0.2) is 36.5 Å². The molecule has 4 rings (SSSR count). The Kier molecular flexibility index (Phi) is 7.39. The summed E-state index contributed by atoms with van der Waals surface area (Å²) in [6.07, 6.45) is 0.822. The van der Waals surface area contributed by atoms with Gasteiger partial charge in [0.1, 0.15) is 5.82 Å². The number of amides is 1. The average molecular weight is 484 g/mol. The third kappa shape index (κ3) is 5.64. The number of rotatable bonds is 8. The van der Waals surface area contributed by atoms with E-state index in [2.05, 4.69) is 25.6 Å². The fourth-order valence-electron chi connectivity index (χ4n) is 3.61. The Bertz CT molecular complexity index is 1160. The van der Waals surface area contributed by atoms with E-state index in [1.807, 2.05) is 13.8 Å². The largest absolute Gasteiger partial charge is 0.353 e. The lowest BCUT2D eigenvalue weighted by atomic mass is 9.90. The average Bonchev–Trinajstić information content (AvgIpc) is 3.29. The number of nitrogens with two attached hydrogens (primary N) is 1. The maximum absolute atomic E-state index is 13.6. The van der Waals surface area contributed by atoms with Crippen molar-refractivity contribution >= 4 is 11.9 Å². The predicted octanol–water partition coefficient (Wildman–Crippen LogP) is 2.62. The number of nitrogens with one attached hydrogen (secondary N) is 3. The first-order chi connectivity index (χ1) is 16.8. The molecule has 1 fully saturated rings. The topological polar surface area (TPSA) is 140 Å². The highest BCUT2D eigenvalue weighted by molar-refractivity contribution is 5.83. The van der Waals surface area contributed by atoms with Crippen LogP contribution in [0, 0.1) is 11.2 Å². The van der Waals surface area contributed by atoms with Crippen LogP contribution in [0.4, 0.5) is 10.3 Å². The van der Waals surface area contributed by atoms with Gasteiger partial charge in [-0.1, -0.05) is 0 Å². The lowest BCUT2D eigenvalue weighted by Gasteiger charge is -2.35. The van der Waals surface area contributed by atoms with E-state index in [9.17, 15) is 9.18 Å². The van der Waals surface area contributed by atoms with Gasteiger partial charge in [-0.25, -0.2) is 19.3 Å². The smallest absolute Gasteiger partial charge is 0.230 e. The minimum Gasteiger partial charge on any atom is -0.353 e. The van der Waals surface area contributed by atoms with Crippen LogP contribution in [-0.2, 0) is 14.3 Å². The van der Waals surface area contributed by atoms with Crippen molar-refractivity contribution in [3.05, 3.63) is 48.2 Å². The van der Waals surface area contributed by atoms with E-state index in [0.29, 0.717) is 47.5 Å². The van der Waals surface area contributed by atoms with E-state index in [1.54, 1.807) is 31.3 Å². The molecule has 0 bridgehead atoms. The Hall–Kier alpha value is -3.41. The zero-order valence-electron chi connectivity index (χ0n) is 20.0. The zero-order chi connectivity index (χ0) is 25.0. The molecular weight excluding hydrogens is 453 g/mol. The molecule has 0 radical (unpaired) electrons.